The number of hydrogen-bond acceptors (Lipinski definition) is 6. The maximum atomic E-state index is 11.7. The molecule has 0 fully saturated rings. The highest BCUT2D eigenvalue weighted by Gasteiger charge is 2.12. The van der Waals surface area contributed by atoms with Crippen molar-refractivity contribution in [2.75, 3.05) is 34.0 Å². The SMILES string of the molecule is CCOCCOOC(=O)c1ccc(OC)c(OC)c1. The second-order valence-corrected chi connectivity index (χ2v) is 3.46. The Kier molecular flexibility index (Phi) is 6.70. The van der Waals surface area contributed by atoms with Crippen molar-refractivity contribution in [1.29, 1.82) is 0 Å². The first-order valence-corrected chi connectivity index (χ1v) is 5.86. The highest BCUT2D eigenvalue weighted by molar-refractivity contribution is 5.89. The van der Waals surface area contributed by atoms with Crippen LogP contribution >= 0.6 is 0 Å². The van der Waals surface area contributed by atoms with E-state index in [0.29, 0.717) is 30.3 Å². The van der Waals surface area contributed by atoms with Gasteiger partial charge < -0.3 is 14.2 Å². The molecule has 0 unspecified atom stereocenters. The van der Waals surface area contributed by atoms with Crippen molar-refractivity contribution in [3.63, 3.8) is 0 Å². The molecule has 0 heterocycles. The van der Waals surface area contributed by atoms with E-state index in [-0.39, 0.29) is 6.61 Å². The van der Waals surface area contributed by atoms with E-state index in [1.165, 1.54) is 20.3 Å². The van der Waals surface area contributed by atoms with E-state index in [0.717, 1.165) is 0 Å². The molecule has 0 atom stereocenters. The molecule has 19 heavy (non-hydrogen) atoms. The van der Waals surface area contributed by atoms with Gasteiger partial charge in [0, 0.05) is 6.61 Å². The monoisotopic (exact) mass is 270 g/mol. The van der Waals surface area contributed by atoms with Gasteiger partial charge >= 0.3 is 5.97 Å². The van der Waals surface area contributed by atoms with E-state index in [1.807, 2.05) is 6.92 Å². The van der Waals surface area contributed by atoms with Gasteiger partial charge in [-0.25, -0.2) is 4.79 Å². The van der Waals surface area contributed by atoms with Gasteiger partial charge in [0.1, 0.15) is 6.61 Å². The van der Waals surface area contributed by atoms with E-state index in [4.69, 9.17) is 19.1 Å². The minimum atomic E-state index is -0.600. The predicted octanol–water partition coefficient (Wildman–Crippen LogP) is 1.83. The molecule has 6 nitrogen and oxygen atoms in total. The van der Waals surface area contributed by atoms with Gasteiger partial charge in [-0.1, -0.05) is 0 Å². The van der Waals surface area contributed by atoms with Crippen LogP contribution in [0.15, 0.2) is 18.2 Å². The van der Waals surface area contributed by atoms with Crippen LogP contribution in [0.3, 0.4) is 0 Å². The van der Waals surface area contributed by atoms with Crippen LogP contribution in [-0.2, 0) is 14.5 Å². The quantitative estimate of drug-likeness (QED) is 0.408. The van der Waals surface area contributed by atoms with Crippen LogP contribution in [0.4, 0.5) is 0 Å². The van der Waals surface area contributed by atoms with Crippen LogP contribution in [-0.4, -0.2) is 40.0 Å². The fraction of sp³-hybridized carbons (Fsp3) is 0.462. The summed E-state index contributed by atoms with van der Waals surface area (Å²) in [4.78, 5) is 21.0. The first kappa shape index (κ1) is 15.3. The molecule has 0 bridgehead atoms. The molecule has 106 valence electrons. The Morgan fingerprint density at radius 3 is 2.47 bits per heavy atom. The molecule has 0 N–H and O–H groups in total. The molecule has 0 saturated heterocycles. The number of carbonyl (C=O) groups excluding carboxylic acids is 1. The smallest absolute Gasteiger partial charge is 0.373 e. The lowest BCUT2D eigenvalue weighted by Gasteiger charge is -2.09. The van der Waals surface area contributed by atoms with Crippen molar-refractivity contribution < 1.29 is 28.8 Å². The van der Waals surface area contributed by atoms with Crippen LogP contribution < -0.4 is 9.47 Å². The summed E-state index contributed by atoms with van der Waals surface area (Å²) in [6, 6.07) is 4.71. The topological polar surface area (TPSA) is 63.2 Å². The summed E-state index contributed by atoms with van der Waals surface area (Å²) >= 11 is 0. The molecule has 0 amide bonds. The van der Waals surface area contributed by atoms with Crippen LogP contribution in [0.5, 0.6) is 11.5 Å². The molecule has 0 radical (unpaired) electrons. The molecule has 1 aromatic rings. The lowest BCUT2D eigenvalue weighted by molar-refractivity contribution is -0.247. The van der Waals surface area contributed by atoms with Gasteiger partial charge in [0.25, 0.3) is 0 Å². The second-order valence-electron chi connectivity index (χ2n) is 3.46. The fourth-order valence-corrected chi connectivity index (χ4v) is 1.34. The molecular weight excluding hydrogens is 252 g/mol. The van der Waals surface area contributed by atoms with Crippen molar-refractivity contribution >= 4 is 5.97 Å². The Morgan fingerprint density at radius 2 is 1.84 bits per heavy atom. The first-order chi connectivity index (χ1) is 9.22. The summed E-state index contributed by atoms with van der Waals surface area (Å²) in [6.45, 7) is 3.02. The third-order valence-electron chi connectivity index (χ3n) is 2.27. The Bertz CT molecular complexity index is 404. The molecule has 6 heteroatoms. The van der Waals surface area contributed by atoms with Crippen LogP contribution in [0.1, 0.15) is 17.3 Å². The predicted molar refractivity (Wildman–Crippen MR) is 67.4 cm³/mol. The van der Waals surface area contributed by atoms with Crippen LogP contribution in [0.25, 0.3) is 0 Å². The minimum Gasteiger partial charge on any atom is -0.493 e. The Hall–Kier alpha value is -1.79. The number of carbonyl (C=O) groups is 1. The summed E-state index contributed by atoms with van der Waals surface area (Å²) in [6.07, 6.45) is 0. The molecular formula is C13H18O6. The Balaban J connectivity index is 2.52. The van der Waals surface area contributed by atoms with Crippen molar-refractivity contribution in [1.82, 2.24) is 0 Å². The van der Waals surface area contributed by atoms with Crippen molar-refractivity contribution in [2.24, 2.45) is 0 Å². The van der Waals surface area contributed by atoms with Gasteiger partial charge in [-0.05, 0) is 25.1 Å². The number of rotatable bonds is 8. The maximum Gasteiger partial charge on any atom is 0.373 e. The van der Waals surface area contributed by atoms with E-state index in [9.17, 15) is 4.79 Å². The zero-order valence-electron chi connectivity index (χ0n) is 11.3. The van der Waals surface area contributed by atoms with Gasteiger partial charge in [0.2, 0.25) is 0 Å². The third-order valence-corrected chi connectivity index (χ3v) is 2.27. The largest absolute Gasteiger partial charge is 0.493 e. The molecule has 0 saturated carbocycles. The average Bonchev–Trinajstić information content (AvgIpc) is 2.46. The first-order valence-electron chi connectivity index (χ1n) is 5.86. The summed E-state index contributed by atoms with van der Waals surface area (Å²) < 4.78 is 15.2. The van der Waals surface area contributed by atoms with E-state index in [2.05, 4.69) is 4.89 Å². The standard InChI is InChI=1S/C13H18O6/c1-4-17-7-8-18-19-13(14)10-5-6-11(15-2)12(9-10)16-3/h5-6,9H,4,7-8H2,1-3H3. The average molecular weight is 270 g/mol. The van der Waals surface area contributed by atoms with Crippen molar-refractivity contribution in [3.05, 3.63) is 23.8 Å². The zero-order valence-corrected chi connectivity index (χ0v) is 11.3. The summed E-state index contributed by atoms with van der Waals surface area (Å²) in [5, 5.41) is 0. The highest BCUT2D eigenvalue weighted by atomic mass is 17.2. The van der Waals surface area contributed by atoms with E-state index >= 15 is 0 Å². The van der Waals surface area contributed by atoms with E-state index in [1.54, 1.807) is 12.1 Å². The van der Waals surface area contributed by atoms with Gasteiger partial charge in [0.15, 0.2) is 11.5 Å². The maximum absolute atomic E-state index is 11.7. The summed E-state index contributed by atoms with van der Waals surface area (Å²) in [5.74, 6) is 0.389. The van der Waals surface area contributed by atoms with Gasteiger partial charge in [-0.15, -0.1) is 0 Å². The van der Waals surface area contributed by atoms with Crippen LogP contribution in [0, 0.1) is 0 Å². The lowest BCUT2D eigenvalue weighted by atomic mass is 10.2. The van der Waals surface area contributed by atoms with Gasteiger partial charge in [-0.3, -0.25) is 4.89 Å². The highest BCUT2D eigenvalue weighted by Crippen LogP contribution is 2.27. The molecule has 1 aromatic carbocycles. The third kappa shape index (κ3) is 4.76. The lowest BCUT2D eigenvalue weighted by Crippen LogP contribution is -2.10. The fourth-order valence-electron chi connectivity index (χ4n) is 1.34. The summed E-state index contributed by atoms with van der Waals surface area (Å²) in [5.41, 5.74) is 0.314. The molecule has 0 spiro atoms. The summed E-state index contributed by atoms with van der Waals surface area (Å²) in [7, 11) is 3.01. The zero-order chi connectivity index (χ0) is 14.1. The number of benzene rings is 1. The molecule has 0 aromatic heterocycles. The second kappa shape index (κ2) is 8.34. The van der Waals surface area contributed by atoms with Gasteiger partial charge in [-0.2, -0.15) is 4.89 Å². The number of methoxy groups -OCH3 is 2. The molecule has 0 aliphatic carbocycles. The number of hydrogen-bond donors (Lipinski definition) is 0. The minimum absolute atomic E-state index is 0.187. The van der Waals surface area contributed by atoms with Crippen LogP contribution in [0.2, 0.25) is 0 Å². The number of ether oxygens (including phenoxy) is 3. The molecule has 1 rings (SSSR count). The normalized spacial score (nSPS) is 10.1. The van der Waals surface area contributed by atoms with Crippen molar-refractivity contribution in [3.8, 4) is 11.5 Å². The van der Waals surface area contributed by atoms with Gasteiger partial charge in [0.05, 0.1) is 26.4 Å². The Labute approximate surface area is 112 Å². The van der Waals surface area contributed by atoms with E-state index < -0.39 is 5.97 Å². The molecule has 0 aliphatic rings. The van der Waals surface area contributed by atoms with Crippen molar-refractivity contribution in [2.45, 2.75) is 6.92 Å². The Morgan fingerprint density at radius 1 is 1.11 bits per heavy atom. The molecule has 0 aliphatic heterocycles.